The molecule has 24 heavy (non-hydrogen) atoms. The van der Waals surface area contributed by atoms with Gasteiger partial charge in [0, 0.05) is 36.3 Å². The monoisotopic (exact) mass is 351 g/mol. The first-order valence-electron chi connectivity index (χ1n) is 7.42. The van der Waals surface area contributed by atoms with Gasteiger partial charge in [0.05, 0.1) is 10.8 Å². The molecule has 0 aromatic heterocycles. The maximum atomic E-state index is 13.6. The van der Waals surface area contributed by atoms with Crippen LogP contribution in [0.2, 0.25) is 0 Å². The van der Waals surface area contributed by atoms with Crippen LogP contribution in [0.4, 0.5) is 8.78 Å². The van der Waals surface area contributed by atoms with E-state index in [0.29, 0.717) is 18.3 Å². The Hall–Kier alpha value is -2.28. The number of aliphatic imine (C=N–C) groups is 1. The van der Waals surface area contributed by atoms with Gasteiger partial charge in [-0.1, -0.05) is 18.2 Å². The Morgan fingerprint density at radius 1 is 1.12 bits per heavy atom. The summed E-state index contributed by atoms with van der Waals surface area (Å²) in [6.07, 6.45) is 0. The summed E-state index contributed by atoms with van der Waals surface area (Å²) < 4.78 is 38.8. The van der Waals surface area contributed by atoms with Crippen molar-refractivity contribution >= 4 is 16.8 Å². The molecule has 128 valence electrons. The minimum Gasteiger partial charge on any atom is -0.355 e. The summed E-state index contributed by atoms with van der Waals surface area (Å²) in [6.45, 7) is 0.540. The molecule has 7 heteroatoms. The van der Waals surface area contributed by atoms with E-state index in [9.17, 15) is 13.0 Å². The lowest BCUT2D eigenvalue weighted by molar-refractivity contribution is 0.581. The second-order valence-electron chi connectivity index (χ2n) is 4.95. The van der Waals surface area contributed by atoms with Crippen molar-refractivity contribution in [1.82, 2.24) is 10.6 Å². The molecule has 0 radical (unpaired) electrons. The highest BCUT2D eigenvalue weighted by Gasteiger charge is 2.06. The molecule has 0 saturated carbocycles. The molecule has 0 heterocycles. The van der Waals surface area contributed by atoms with E-state index >= 15 is 0 Å². The van der Waals surface area contributed by atoms with Crippen LogP contribution >= 0.6 is 0 Å². The summed E-state index contributed by atoms with van der Waals surface area (Å²) in [4.78, 5) is 4.77. The van der Waals surface area contributed by atoms with Crippen LogP contribution in [0.25, 0.3) is 0 Å². The number of hydrogen-bond acceptors (Lipinski definition) is 2. The molecular weight excluding hydrogens is 332 g/mol. The summed E-state index contributed by atoms with van der Waals surface area (Å²) in [6, 6.07) is 12.5. The third kappa shape index (κ3) is 5.42. The van der Waals surface area contributed by atoms with Gasteiger partial charge in [-0.05, 0) is 30.3 Å². The Morgan fingerprint density at radius 2 is 1.88 bits per heavy atom. The minimum atomic E-state index is -1.10. The predicted octanol–water partition coefficient (Wildman–Crippen LogP) is 2.44. The molecule has 0 bridgehead atoms. The highest BCUT2D eigenvalue weighted by atomic mass is 32.2. The number of halogens is 2. The van der Waals surface area contributed by atoms with Crippen LogP contribution in [0.5, 0.6) is 0 Å². The fraction of sp³-hybridized carbons (Fsp3) is 0.235. The standard InChI is InChI=1S/C17H19F2N3OS/c1-20-17(22-12-13-11-14(18)7-8-16(13)19)21-9-10-24(23)15-5-3-2-4-6-15/h2-8,11H,9-10,12H2,1H3,(H2,20,21,22). The Bertz CT molecular complexity index is 723. The second kappa shape index (κ2) is 9.12. The molecular formula is C17H19F2N3OS. The van der Waals surface area contributed by atoms with Gasteiger partial charge in [-0.3, -0.25) is 9.20 Å². The number of nitrogens with zero attached hydrogens (tertiary/aromatic N) is 1. The Kier molecular flexibility index (Phi) is 6.87. The molecule has 2 aromatic carbocycles. The van der Waals surface area contributed by atoms with Gasteiger partial charge < -0.3 is 10.6 Å². The number of rotatable bonds is 6. The largest absolute Gasteiger partial charge is 0.355 e. The average molecular weight is 351 g/mol. The highest BCUT2D eigenvalue weighted by Crippen LogP contribution is 2.09. The zero-order valence-electron chi connectivity index (χ0n) is 13.3. The molecule has 2 aromatic rings. The Morgan fingerprint density at radius 3 is 2.58 bits per heavy atom. The van der Waals surface area contributed by atoms with Crippen molar-refractivity contribution in [1.29, 1.82) is 0 Å². The maximum absolute atomic E-state index is 13.6. The van der Waals surface area contributed by atoms with Crippen LogP contribution < -0.4 is 10.6 Å². The summed E-state index contributed by atoms with van der Waals surface area (Å²) in [5.41, 5.74) is 0.214. The second-order valence-corrected chi connectivity index (χ2v) is 6.52. The van der Waals surface area contributed by atoms with Gasteiger partial charge >= 0.3 is 0 Å². The number of guanidine groups is 1. The molecule has 1 unspecified atom stereocenters. The van der Waals surface area contributed by atoms with Gasteiger partial charge in [0.25, 0.3) is 0 Å². The lowest BCUT2D eigenvalue weighted by Gasteiger charge is -2.12. The van der Waals surface area contributed by atoms with Crippen molar-refractivity contribution in [2.24, 2.45) is 4.99 Å². The molecule has 0 aliphatic heterocycles. The zero-order valence-corrected chi connectivity index (χ0v) is 14.1. The van der Waals surface area contributed by atoms with Gasteiger partial charge in [0.1, 0.15) is 11.6 Å². The molecule has 0 saturated heterocycles. The van der Waals surface area contributed by atoms with Crippen LogP contribution in [0.1, 0.15) is 5.56 Å². The van der Waals surface area contributed by atoms with Crippen LogP contribution in [0.3, 0.4) is 0 Å². The van der Waals surface area contributed by atoms with Gasteiger partial charge in [0.2, 0.25) is 0 Å². The first-order chi connectivity index (χ1) is 11.6. The molecule has 2 N–H and O–H groups in total. The highest BCUT2D eigenvalue weighted by molar-refractivity contribution is 7.85. The number of benzene rings is 2. The van der Waals surface area contributed by atoms with Gasteiger partial charge in [-0.25, -0.2) is 8.78 Å². The Balaban J connectivity index is 1.80. The molecule has 0 aliphatic rings. The van der Waals surface area contributed by atoms with E-state index in [4.69, 9.17) is 0 Å². The van der Waals surface area contributed by atoms with E-state index < -0.39 is 22.4 Å². The topological polar surface area (TPSA) is 53.5 Å². The van der Waals surface area contributed by atoms with Crippen molar-refractivity contribution in [2.45, 2.75) is 11.4 Å². The summed E-state index contributed by atoms with van der Waals surface area (Å²) >= 11 is 0. The van der Waals surface area contributed by atoms with Crippen LogP contribution in [-0.4, -0.2) is 29.5 Å². The summed E-state index contributed by atoms with van der Waals surface area (Å²) in [7, 11) is 0.471. The van der Waals surface area contributed by atoms with Crippen LogP contribution in [-0.2, 0) is 17.3 Å². The fourth-order valence-corrected chi connectivity index (χ4v) is 3.01. The quantitative estimate of drug-likeness (QED) is 0.621. The zero-order chi connectivity index (χ0) is 17.4. The van der Waals surface area contributed by atoms with E-state index in [-0.39, 0.29) is 12.1 Å². The normalized spacial score (nSPS) is 12.7. The van der Waals surface area contributed by atoms with Crippen molar-refractivity contribution < 1.29 is 13.0 Å². The van der Waals surface area contributed by atoms with E-state index in [0.717, 1.165) is 23.1 Å². The van der Waals surface area contributed by atoms with Gasteiger partial charge in [-0.2, -0.15) is 0 Å². The third-order valence-electron chi connectivity index (χ3n) is 3.26. The van der Waals surface area contributed by atoms with Crippen LogP contribution in [0.15, 0.2) is 58.4 Å². The predicted molar refractivity (Wildman–Crippen MR) is 92.3 cm³/mol. The number of hydrogen-bond donors (Lipinski definition) is 2. The Labute approximate surface area is 142 Å². The first-order valence-corrected chi connectivity index (χ1v) is 8.74. The van der Waals surface area contributed by atoms with E-state index in [1.165, 1.54) is 0 Å². The van der Waals surface area contributed by atoms with Gasteiger partial charge in [0.15, 0.2) is 5.96 Å². The van der Waals surface area contributed by atoms with Crippen molar-refractivity contribution in [3.05, 3.63) is 65.7 Å². The van der Waals surface area contributed by atoms with E-state index in [1.807, 2.05) is 30.3 Å². The molecule has 2 rings (SSSR count). The van der Waals surface area contributed by atoms with E-state index in [2.05, 4.69) is 15.6 Å². The third-order valence-corrected chi connectivity index (χ3v) is 4.64. The molecule has 1 atom stereocenters. The smallest absolute Gasteiger partial charge is 0.191 e. The molecule has 0 spiro atoms. The van der Waals surface area contributed by atoms with Crippen LogP contribution in [0, 0.1) is 11.6 Å². The van der Waals surface area contributed by atoms with Crippen molar-refractivity contribution in [2.75, 3.05) is 19.3 Å². The van der Waals surface area contributed by atoms with Crippen molar-refractivity contribution in [3.63, 3.8) is 0 Å². The minimum absolute atomic E-state index is 0.102. The maximum Gasteiger partial charge on any atom is 0.191 e. The summed E-state index contributed by atoms with van der Waals surface area (Å²) in [5, 5.41) is 5.90. The SMILES string of the molecule is CN=C(NCCS(=O)c1ccccc1)NCc1cc(F)ccc1F. The molecule has 0 fully saturated rings. The first kappa shape index (κ1) is 18.1. The molecule has 4 nitrogen and oxygen atoms in total. The lowest BCUT2D eigenvalue weighted by atomic mass is 10.2. The fourth-order valence-electron chi connectivity index (χ4n) is 2.03. The van der Waals surface area contributed by atoms with Crippen molar-refractivity contribution in [3.8, 4) is 0 Å². The van der Waals surface area contributed by atoms with E-state index in [1.54, 1.807) is 7.05 Å². The average Bonchev–Trinajstić information content (AvgIpc) is 2.61. The lowest BCUT2D eigenvalue weighted by Crippen LogP contribution is -2.38. The molecule has 0 amide bonds. The molecule has 0 aliphatic carbocycles. The number of nitrogens with one attached hydrogen (secondary N) is 2. The summed E-state index contributed by atoms with van der Waals surface area (Å²) in [5.74, 6) is -0.123. The van der Waals surface area contributed by atoms with Gasteiger partial charge in [-0.15, -0.1) is 0 Å².